The fourth-order valence-corrected chi connectivity index (χ4v) is 19.1. The van der Waals surface area contributed by atoms with E-state index < -0.39 is 154 Å². The first kappa shape index (κ1) is 84.2. The Morgan fingerprint density at radius 3 is 0.562 bits per heavy atom. The summed E-state index contributed by atoms with van der Waals surface area (Å²) < 4.78 is 204. The van der Waals surface area contributed by atoms with Crippen LogP contribution in [0.2, 0.25) is 0 Å². The molecule has 24 nitrogen and oxygen atoms in total. The predicted octanol–water partition coefficient (Wildman–Crippen LogP) is 12.9. The Morgan fingerprint density at radius 1 is 0.257 bits per heavy atom. The number of benzene rings is 7. The molecular weight excluding hydrogens is 1470 g/mol. The minimum absolute atomic E-state index is 0.0847. The van der Waals surface area contributed by atoms with Crippen LogP contribution in [0.4, 0.5) is 14.4 Å². The summed E-state index contributed by atoms with van der Waals surface area (Å²) in [4.78, 5) is 41.4. The van der Waals surface area contributed by atoms with Gasteiger partial charge in [-0.15, -0.1) is 0 Å². The molecule has 0 N–H and O–H groups in total. The molecule has 0 bridgehead atoms. The second-order valence-corrected chi connectivity index (χ2v) is 40.3. The van der Waals surface area contributed by atoms with E-state index in [-0.39, 0.29) is 62.8 Å². The van der Waals surface area contributed by atoms with E-state index >= 15 is 25.3 Å². The van der Waals surface area contributed by atoms with Crippen LogP contribution in [-0.4, -0.2) is 151 Å². The molecular formula is C75H96N6O18S6. The number of hydrogen-bond donors (Lipinski definition) is 0. The summed E-state index contributed by atoms with van der Waals surface area (Å²) in [6.45, 7) is 21.5. The molecule has 7 aromatic rings. The van der Waals surface area contributed by atoms with Gasteiger partial charge in [-0.3, -0.25) is 0 Å². The van der Waals surface area contributed by atoms with E-state index in [1.54, 1.807) is 62.3 Å². The van der Waals surface area contributed by atoms with Gasteiger partial charge >= 0.3 is 18.3 Å². The van der Waals surface area contributed by atoms with Gasteiger partial charge in [0.2, 0.25) is 30.1 Å². The molecule has 0 aliphatic carbocycles. The van der Waals surface area contributed by atoms with Crippen molar-refractivity contribution in [3.8, 4) is 0 Å². The van der Waals surface area contributed by atoms with Gasteiger partial charge in [-0.05, 0) is 231 Å². The Kier molecular flexibility index (Phi) is 26.1. The van der Waals surface area contributed by atoms with Crippen LogP contribution in [0, 0.1) is 62.3 Å². The number of nitrogens with zero attached hydrogens (tertiary/aromatic N) is 6. The smallest absolute Gasteiger partial charge is 0.424 e. The van der Waals surface area contributed by atoms with Crippen LogP contribution in [0.3, 0.4) is 0 Å². The van der Waals surface area contributed by atoms with Gasteiger partial charge in [0.05, 0.1) is 49.0 Å². The molecule has 3 amide bonds. The largest absolute Gasteiger partial charge is 0.443 e. The molecule has 0 radical (unpaired) electrons. The number of carbonyl (C=O) groups is 3. The van der Waals surface area contributed by atoms with E-state index in [1.165, 1.54) is 208 Å². The summed E-state index contributed by atoms with van der Waals surface area (Å²) in [6.07, 6.45) is -4.04. The van der Waals surface area contributed by atoms with Crippen LogP contribution >= 0.6 is 0 Å². The van der Waals surface area contributed by atoms with Crippen molar-refractivity contribution >= 4 is 78.4 Å². The molecule has 0 saturated carbocycles. The number of ether oxygens (including phenoxy) is 3. The highest BCUT2D eigenvalue weighted by molar-refractivity contribution is 7.91. The first-order valence-corrected chi connectivity index (χ1v) is 42.3. The number of rotatable bonds is 27. The van der Waals surface area contributed by atoms with E-state index in [0.29, 0.717) is 46.3 Å². The average Bonchev–Trinajstić information content (AvgIpc) is 0.818. The highest BCUT2D eigenvalue weighted by atomic mass is 32.2. The lowest BCUT2D eigenvalue weighted by Gasteiger charge is -2.33. The Labute approximate surface area is 621 Å². The molecule has 0 heterocycles. The molecule has 0 aliphatic rings. The molecule has 0 unspecified atom stereocenters. The third-order valence-corrected chi connectivity index (χ3v) is 27.9. The van der Waals surface area contributed by atoms with Crippen molar-refractivity contribution < 1.29 is 79.1 Å². The van der Waals surface area contributed by atoms with Crippen molar-refractivity contribution in [2.24, 2.45) is 0 Å². The minimum atomic E-state index is -4.85. The zero-order chi connectivity index (χ0) is 78.5. The van der Waals surface area contributed by atoms with Gasteiger partial charge in [0.25, 0.3) is 30.1 Å². The van der Waals surface area contributed by atoms with Gasteiger partial charge in [0, 0.05) is 39.3 Å². The monoisotopic (exact) mass is 1560 g/mol. The lowest BCUT2D eigenvalue weighted by Crippen LogP contribution is -2.46. The van der Waals surface area contributed by atoms with Crippen molar-refractivity contribution in [2.45, 2.75) is 190 Å². The molecule has 0 aromatic heterocycles. The summed E-state index contributed by atoms with van der Waals surface area (Å²) in [5, 5.41) is 0. The summed E-state index contributed by atoms with van der Waals surface area (Å²) in [6, 6.07) is 34.0. The van der Waals surface area contributed by atoms with Crippen molar-refractivity contribution in [1.82, 2.24) is 25.8 Å². The maximum absolute atomic E-state index is 15.7. The van der Waals surface area contributed by atoms with E-state index in [0.717, 1.165) is 12.9 Å². The van der Waals surface area contributed by atoms with Gasteiger partial charge in [-0.25, -0.2) is 64.9 Å². The van der Waals surface area contributed by atoms with Gasteiger partial charge in [0.1, 0.15) is 16.8 Å². The quantitative estimate of drug-likeness (QED) is 0.0432. The maximum atomic E-state index is 15.7. The van der Waals surface area contributed by atoms with Crippen molar-refractivity contribution in [2.75, 3.05) is 39.3 Å². The summed E-state index contributed by atoms with van der Waals surface area (Å²) >= 11 is 0. The van der Waals surface area contributed by atoms with Gasteiger partial charge in [-0.2, -0.15) is 25.8 Å². The Balaban J connectivity index is 1.55. The zero-order valence-electron chi connectivity index (χ0n) is 62.7. The van der Waals surface area contributed by atoms with Crippen LogP contribution in [-0.2, 0) is 94.0 Å². The molecule has 570 valence electrons. The Bertz CT molecular complexity index is 4510. The molecule has 7 aromatic carbocycles. The molecule has 7 rings (SSSR count). The maximum Gasteiger partial charge on any atom is 0.424 e. The van der Waals surface area contributed by atoms with Crippen molar-refractivity contribution in [3.05, 3.63) is 212 Å². The van der Waals surface area contributed by atoms with Crippen LogP contribution < -0.4 is 0 Å². The normalized spacial score (nSPS) is 12.9. The second kappa shape index (κ2) is 32.6. The van der Waals surface area contributed by atoms with E-state index in [4.69, 9.17) is 14.2 Å². The van der Waals surface area contributed by atoms with Crippen molar-refractivity contribution in [1.29, 1.82) is 0 Å². The molecule has 105 heavy (non-hydrogen) atoms. The van der Waals surface area contributed by atoms with E-state index in [1.807, 2.05) is 0 Å². The number of amides is 3. The fourth-order valence-electron chi connectivity index (χ4n) is 11.0. The molecule has 0 aliphatic heterocycles. The molecule has 30 heteroatoms. The predicted molar refractivity (Wildman–Crippen MR) is 401 cm³/mol. The SMILES string of the molecule is Cc1ccc(S(=O)(=O)N(CCN(C(=O)OC(C)(C)C)S(=O)(=O)c2ccc(C)cc2)Cc2c(C)c(CN(CCN(C(=O)OC(C)(C)C)S(=O)(=O)c3ccc(C)cc3)S(=O)(=O)c3ccc(C)cc3)c(C)c(CN(CCN(C(=O)OC(C)(C)C)S(=O)(=O)c3ccc(C)cc3)S(=O)(=O)c3ccc(C)cc3)c2C)cc1. The number of carbonyl (C=O) groups excluding carboxylic acids is 3. The van der Waals surface area contributed by atoms with Gasteiger partial charge < -0.3 is 14.2 Å². The highest BCUT2D eigenvalue weighted by Gasteiger charge is 2.41. The van der Waals surface area contributed by atoms with Crippen LogP contribution in [0.1, 0.15) is 129 Å². The van der Waals surface area contributed by atoms with Crippen LogP contribution in [0.5, 0.6) is 0 Å². The van der Waals surface area contributed by atoms with Crippen molar-refractivity contribution in [3.63, 3.8) is 0 Å². The van der Waals surface area contributed by atoms with E-state index in [9.17, 15) is 39.6 Å². The molecule has 0 fully saturated rings. The molecule has 0 atom stereocenters. The van der Waals surface area contributed by atoms with Gasteiger partial charge in [0.15, 0.2) is 0 Å². The summed E-state index contributed by atoms with van der Waals surface area (Å²) in [5.74, 6) is 0. The lowest BCUT2D eigenvalue weighted by molar-refractivity contribution is 0.0373. The third kappa shape index (κ3) is 20.8. The lowest BCUT2D eigenvalue weighted by atomic mass is 9.87. The first-order chi connectivity index (χ1) is 48.4. The first-order valence-electron chi connectivity index (χ1n) is 33.7. The summed E-state index contributed by atoms with van der Waals surface area (Å²) in [5.41, 5.74) is 1.03. The van der Waals surface area contributed by atoms with Gasteiger partial charge in [-0.1, -0.05) is 106 Å². The zero-order valence-corrected chi connectivity index (χ0v) is 67.6. The standard InChI is InChI=1S/C75H96N6O18S6/c1-52-19-31-61(32-20-52)100(85,86)76(43-46-79(70(82)97-73(10,11)12)103(91,92)64-37-25-55(4)26-38-64)49-67-58(7)68(50-77(101(87,88)62-33-21-53(2)22-34-62)44-47-80(71(83)98-74(13,14)15)104(93,94)65-39-27-56(5)28-40-65)60(9)69(59(67)8)51-78(102(89,90)63-35-23-54(3)24-36-63)45-48-81(72(84)99-75(16,17)18)105(95,96)66-41-29-57(6)30-42-66/h19-42H,43-51H2,1-18H3. The minimum Gasteiger partial charge on any atom is -0.443 e. The molecule has 0 saturated heterocycles. The Hall–Kier alpha value is -8.07. The number of sulfonamides is 6. The highest BCUT2D eigenvalue weighted by Crippen LogP contribution is 2.36. The fraction of sp³-hybridized carbons (Fsp3) is 0.400. The number of hydrogen-bond acceptors (Lipinski definition) is 18. The second-order valence-electron chi connectivity index (χ2n) is 28.9. The topological polar surface area (TPSA) is 303 Å². The average molecular weight is 1560 g/mol. The van der Waals surface area contributed by atoms with Crippen LogP contribution in [0.25, 0.3) is 0 Å². The van der Waals surface area contributed by atoms with Crippen LogP contribution in [0.15, 0.2) is 175 Å². The summed E-state index contributed by atoms with van der Waals surface area (Å²) in [7, 11) is -29.1. The third-order valence-electron chi connectivity index (χ3n) is 17.0. The van der Waals surface area contributed by atoms with E-state index in [2.05, 4.69) is 0 Å². The number of aryl methyl sites for hydroxylation is 6. The Morgan fingerprint density at radius 2 is 0.410 bits per heavy atom. The molecule has 0 spiro atoms.